The van der Waals surface area contributed by atoms with Gasteiger partial charge in [0.2, 0.25) is 0 Å². The number of hydrogen-bond acceptors (Lipinski definition) is 4. The average Bonchev–Trinajstić information content (AvgIpc) is 3.21. The summed E-state index contributed by atoms with van der Waals surface area (Å²) in [6, 6.07) is 9.00. The Balaban J connectivity index is 1.35. The summed E-state index contributed by atoms with van der Waals surface area (Å²) in [6.45, 7) is 7.65. The van der Waals surface area contributed by atoms with E-state index in [0.29, 0.717) is 24.0 Å². The molecule has 6 rings (SSSR count). The molecule has 1 aliphatic heterocycles. The Hall–Kier alpha value is -2.20. The third kappa shape index (κ3) is 3.52. The minimum Gasteiger partial charge on any atom is -0.378 e. The van der Waals surface area contributed by atoms with Crippen LogP contribution >= 0.6 is 0 Å². The molecule has 0 radical (unpaired) electrons. The van der Waals surface area contributed by atoms with Crippen molar-refractivity contribution in [3.63, 3.8) is 0 Å². The molecule has 2 saturated carbocycles. The number of rotatable bonds is 3. The van der Waals surface area contributed by atoms with Crippen LogP contribution in [0.5, 0.6) is 0 Å². The first kappa shape index (κ1) is 22.3. The van der Waals surface area contributed by atoms with Gasteiger partial charge in [0.15, 0.2) is 5.78 Å². The predicted molar refractivity (Wildman–Crippen MR) is 134 cm³/mol. The van der Waals surface area contributed by atoms with Gasteiger partial charge in [-0.1, -0.05) is 24.6 Å². The number of benzene rings is 1. The zero-order chi connectivity index (χ0) is 23.4. The van der Waals surface area contributed by atoms with E-state index in [-0.39, 0.29) is 23.0 Å². The standard InChI is InChI=1S/C30H37NO3/c1-19(32)27-9-10-28-24-8-5-21-17-23(33)18-26(29(21)25(24)11-12-30(27,28)2)20-3-6-22(7-4-20)31-13-15-34-16-14-31/h3-4,6-7,17,24,26-28H,5,8-16,18H2,1-2H3/t24-,26+,27-,28+,30-/m1/s1. The van der Waals surface area contributed by atoms with Crippen LogP contribution in [0.2, 0.25) is 0 Å². The Kier molecular flexibility index (Phi) is 5.55. The summed E-state index contributed by atoms with van der Waals surface area (Å²) in [5, 5.41) is 0. The maximum absolute atomic E-state index is 12.8. The molecule has 5 aliphatic rings. The Morgan fingerprint density at radius 1 is 1.06 bits per heavy atom. The first-order valence-electron chi connectivity index (χ1n) is 13.4. The van der Waals surface area contributed by atoms with Gasteiger partial charge in [-0.25, -0.2) is 0 Å². The van der Waals surface area contributed by atoms with Crippen molar-refractivity contribution in [1.82, 2.24) is 0 Å². The second-order valence-electron chi connectivity index (χ2n) is 11.5. The minimum absolute atomic E-state index is 0.154. The number of anilines is 1. The molecule has 1 heterocycles. The van der Waals surface area contributed by atoms with Crippen molar-refractivity contribution in [2.75, 3.05) is 31.2 Å². The monoisotopic (exact) mass is 459 g/mol. The van der Waals surface area contributed by atoms with Gasteiger partial charge in [0.25, 0.3) is 0 Å². The van der Waals surface area contributed by atoms with Gasteiger partial charge in [-0.2, -0.15) is 0 Å². The molecule has 1 aromatic carbocycles. The van der Waals surface area contributed by atoms with Gasteiger partial charge in [-0.3, -0.25) is 9.59 Å². The number of carbonyl (C=O) groups excluding carboxylic acids is 2. The van der Waals surface area contributed by atoms with Gasteiger partial charge in [-0.05, 0) is 97.6 Å². The van der Waals surface area contributed by atoms with Crippen molar-refractivity contribution >= 4 is 17.3 Å². The smallest absolute Gasteiger partial charge is 0.156 e. The lowest BCUT2D eigenvalue weighted by molar-refractivity contribution is -0.125. The van der Waals surface area contributed by atoms with Crippen LogP contribution in [0.25, 0.3) is 0 Å². The van der Waals surface area contributed by atoms with Gasteiger partial charge >= 0.3 is 0 Å². The summed E-state index contributed by atoms with van der Waals surface area (Å²) in [6.07, 6.45) is 9.14. The number of carbonyl (C=O) groups is 2. The average molecular weight is 460 g/mol. The molecule has 4 aliphatic carbocycles. The molecule has 1 aromatic rings. The minimum atomic E-state index is 0.154. The molecule has 0 spiro atoms. The molecule has 4 heteroatoms. The lowest BCUT2D eigenvalue weighted by atomic mass is 9.54. The van der Waals surface area contributed by atoms with E-state index < -0.39 is 0 Å². The zero-order valence-corrected chi connectivity index (χ0v) is 20.6. The van der Waals surface area contributed by atoms with Crippen LogP contribution in [0.4, 0.5) is 5.69 Å². The second-order valence-corrected chi connectivity index (χ2v) is 11.5. The Labute approximate surface area is 203 Å². The first-order valence-corrected chi connectivity index (χ1v) is 13.4. The summed E-state index contributed by atoms with van der Waals surface area (Å²) < 4.78 is 5.51. The van der Waals surface area contributed by atoms with Crippen molar-refractivity contribution < 1.29 is 14.3 Å². The molecule has 0 N–H and O–H groups in total. The molecule has 34 heavy (non-hydrogen) atoms. The fraction of sp³-hybridized carbons (Fsp3) is 0.600. The fourth-order valence-corrected chi connectivity index (χ4v) is 8.32. The van der Waals surface area contributed by atoms with E-state index in [9.17, 15) is 9.59 Å². The third-order valence-electron chi connectivity index (χ3n) is 9.94. The van der Waals surface area contributed by atoms with E-state index in [0.717, 1.165) is 58.4 Å². The van der Waals surface area contributed by atoms with Gasteiger partial charge in [-0.15, -0.1) is 0 Å². The van der Waals surface area contributed by atoms with Crippen molar-refractivity contribution in [3.05, 3.63) is 52.6 Å². The van der Waals surface area contributed by atoms with Crippen LogP contribution in [0.3, 0.4) is 0 Å². The Morgan fingerprint density at radius 3 is 2.56 bits per heavy atom. The van der Waals surface area contributed by atoms with E-state index in [1.807, 2.05) is 6.08 Å². The molecular formula is C30H37NO3. The largest absolute Gasteiger partial charge is 0.378 e. The lowest BCUT2D eigenvalue weighted by Gasteiger charge is -2.49. The van der Waals surface area contributed by atoms with E-state index >= 15 is 0 Å². The fourth-order valence-electron chi connectivity index (χ4n) is 8.32. The number of ether oxygens (including phenoxy) is 1. The topological polar surface area (TPSA) is 46.6 Å². The molecule has 3 fully saturated rings. The normalized spacial score (nSPS) is 35.4. The number of allylic oxidation sites excluding steroid dienone is 4. The highest BCUT2D eigenvalue weighted by molar-refractivity contribution is 5.94. The van der Waals surface area contributed by atoms with Crippen LogP contribution in [-0.4, -0.2) is 37.9 Å². The van der Waals surface area contributed by atoms with E-state index in [4.69, 9.17) is 4.74 Å². The predicted octanol–water partition coefficient (Wildman–Crippen LogP) is 5.63. The van der Waals surface area contributed by atoms with Crippen molar-refractivity contribution in [3.8, 4) is 0 Å². The van der Waals surface area contributed by atoms with Crippen molar-refractivity contribution in [1.29, 1.82) is 0 Å². The summed E-state index contributed by atoms with van der Waals surface area (Å²) in [7, 11) is 0. The third-order valence-corrected chi connectivity index (χ3v) is 9.94. The molecular weight excluding hydrogens is 422 g/mol. The zero-order valence-electron chi connectivity index (χ0n) is 20.6. The summed E-state index contributed by atoms with van der Waals surface area (Å²) in [4.78, 5) is 27.6. The Morgan fingerprint density at radius 2 is 1.82 bits per heavy atom. The molecule has 180 valence electrons. The number of morpholine rings is 1. The van der Waals surface area contributed by atoms with E-state index in [2.05, 4.69) is 36.1 Å². The number of fused-ring (bicyclic) bond motifs is 4. The van der Waals surface area contributed by atoms with Crippen LogP contribution in [0.15, 0.2) is 47.1 Å². The Bertz CT molecular complexity index is 1060. The van der Waals surface area contributed by atoms with E-state index in [1.54, 1.807) is 12.5 Å². The van der Waals surface area contributed by atoms with Gasteiger partial charge < -0.3 is 9.64 Å². The molecule has 0 bridgehead atoms. The number of Topliss-reactive ketones (excluding diaryl/α,β-unsaturated/α-hetero) is 1. The number of hydrogen-bond donors (Lipinski definition) is 0. The summed E-state index contributed by atoms with van der Waals surface area (Å²) in [5.41, 5.74) is 7.10. The van der Waals surface area contributed by atoms with Gasteiger partial charge in [0, 0.05) is 37.0 Å². The highest BCUT2D eigenvalue weighted by Crippen LogP contribution is 2.63. The van der Waals surface area contributed by atoms with Crippen molar-refractivity contribution in [2.24, 2.45) is 23.2 Å². The second kappa shape index (κ2) is 8.48. The first-order chi connectivity index (χ1) is 16.5. The molecule has 1 saturated heterocycles. The molecule has 0 amide bonds. The lowest BCUT2D eigenvalue weighted by Crippen LogP contribution is -2.42. The summed E-state index contributed by atoms with van der Waals surface area (Å²) in [5.74, 6) is 2.27. The molecule has 4 nitrogen and oxygen atoms in total. The van der Waals surface area contributed by atoms with Crippen molar-refractivity contribution in [2.45, 2.75) is 64.7 Å². The maximum Gasteiger partial charge on any atom is 0.156 e. The number of nitrogens with zero attached hydrogens (tertiary/aromatic N) is 1. The summed E-state index contributed by atoms with van der Waals surface area (Å²) >= 11 is 0. The SMILES string of the molecule is CC(=O)[C@H]1CC[C@H]2[C@@H]3CCC4=CC(=O)C[C@@H](c5ccc(N6CCOCC6)cc5)C4=C3CC[C@]12C. The maximum atomic E-state index is 12.8. The quantitative estimate of drug-likeness (QED) is 0.588. The van der Waals surface area contributed by atoms with E-state index in [1.165, 1.54) is 28.8 Å². The van der Waals surface area contributed by atoms with Gasteiger partial charge in [0.05, 0.1) is 13.2 Å². The highest BCUT2D eigenvalue weighted by Gasteiger charge is 2.55. The van der Waals surface area contributed by atoms with Crippen LogP contribution in [0.1, 0.15) is 70.3 Å². The van der Waals surface area contributed by atoms with Crippen LogP contribution < -0.4 is 4.90 Å². The van der Waals surface area contributed by atoms with Crippen LogP contribution in [0, 0.1) is 23.2 Å². The molecule has 5 atom stereocenters. The highest BCUT2D eigenvalue weighted by atomic mass is 16.5. The molecule has 0 unspecified atom stereocenters. The molecule has 0 aromatic heterocycles. The van der Waals surface area contributed by atoms with Gasteiger partial charge in [0.1, 0.15) is 5.78 Å². The van der Waals surface area contributed by atoms with Crippen LogP contribution in [-0.2, 0) is 14.3 Å². The number of ketones is 2.